The van der Waals surface area contributed by atoms with Crippen LogP contribution in [0.25, 0.3) is 6.08 Å². The van der Waals surface area contributed by atoms with Crippen LogP contribution in [0, 0.1) is 0 Å². The Morgan fingerprint density at radius 1 is 1.19 bits per heavy atom. The van der Waals surface area contributed by atoms with Crippen LogP contribution in [-0.2, 0) is 14.8 Å². The average molecular weight is 239 g/mol. The number of rotatable bonds is 6. The van der Waals surface area contributed by atoms with Crippen LogP contribution in [0.15, 0.2) is 36.4 Å². The number of aldehydes is 1. The molecule has 0 heterocycles. The molecule has 0 bridgehead atoms. The van der Waals surface area contributed by atoms with Crippen LogP contribution >= 0.6 is 0 Å². The Morgan fingerprint density at radius 2 is 1.88 bits per heavy atom. The molecule has 0 aliphatic heterocycles. The molecule has 0 fully saturated rings. The number of nitrogens with one attached hydrogen (secondary N) is 1. The molecule has 0 saturated heterocycles. The van der Waals surface area contributed by atoms with Gasteiger partial charge in [0.15, 0.2) is 0 Å². The topological polar surface area (TPSA) is 63.2 Å². The highest BCUT2D eigenvalue weighted by atomic mass is 32.2. The summed E-state index contributed by atoms with van der Waals surface area (Å²) < 4.78 is 24.7. The van der Waals surface area contributed by atoms with Crippen LogP contribution in [0.5, 0.6) is 0 Å². The highest BCUT2D eigenvalue weighted by molar-refractivity contribution is 7.89. The Balaban J connectivity index is 2.51. The van der Waals surface area contributed by atoms with Gasteiger partial charge in [-0.1, -0.05) is 42.5 Å². The van der Waals surface area contributed by atoms with E-state index in [0.717, 1.165) is 5.56 Å². The molecule has 86 valence electrons. The molecule has 0 aliphatic rings. The van der Waals surface area contributed by atoms with E-state index in [9.17, 15) is 13.2 Å². The normalized spacial score (nSPS) is 11.8. The first-order valence-electron chi connectivity index (χ1n) is 4.76. The van der Waals surface area contributed by atoms with E-state index in [1.807, 2.05) is 30.3 Å². The summed E-state index contributed by atoms with van der Waals surface area (Å²) in [7, 11) is -3.38. The smallest absolute Gasteiger partial charge is 0.215 e. The van der Waals surface area contributed by atoms with Crippen LogP contribution in [0.3, 0.4) is 0 Å². The van der Waals surface area contributed by atoms with Gasteiger partial charge in [-0.3, -0.25) is 0 Å². The standard InChI is InChI=1S/C11H13NO3S/c13-9-8-12-16(14,15)10-4-7-11-5-2-1-3-6-11/h1-7,9,12H,8,10H2/b7-4+. The Morgan fingerprint density at radius 3 is 2.50 bits per heavy atom. The number of carbonyl (C=O) groups excluding carboxylic acids is 1. The van der Waals surface area contributed by atoms with Gasteiger partial charge >= 0.3 is 0 Å². The minimum absolute atomic E-state index is 0.129. The fourth-order valence-corrected chi connectivity index (χ4v) is 1.88. The first kappa shape index (κ1) is 12.6. The van der Waals surface area contributed by atoms with E-state index < -0.39 is 10.0 Å². The summed E-state index contributed by atoms with van der Waals surface area (Å²) in [6.45, 7) is -0.179. The number of benzene rings is 1. The zero-order chi connectivity index (χ0) is 11.9. The maximum atomic E-state index is 11.3. The summed E-state index contributed by atoms with van der Waals surface area (Å²) >= 11 is 0. The van der Waals surface area contributed by atoms with Gasteiger partial charge in [0.1, 0.15) is 6.29 Å². The molecule has 4 nitrogen and oxygen atoms in total. The van der Waals surface area contributed by atoms with Crippen molar-refractivity contribution in [2.24, 2.45) is 0 Å². The molecule has 0 radical (unpaired) electrons. The fourth-order valence-electron chi connectivity index (χ4n) is 1.09. The molecule has 0 spiro atoms. The molecule has 0 unspecified atom stereocenters. The van der Waals surface area contributed by atoms with E-state index in [4.69, 9.17) is 0 Å². The van der Waals surface area contributed by atoms with Gasteiger partial charge in [-0.2, -0.15) is 0 Å². The molecular weight excluding hydrogens is 226 g/mol. The molecule has 1 aromatic rings. The minimum Gasteiger partial charge on any atom is -0.302 e. The largest absolute Gasteiger partial charge is 0.302 e. The first-order valence-corrected chi connectivity index (χ1v) is 6.42. The third-order valence-corrected chi connectivity index (χ3v) is 3.05. The SMILES string of the molecule is O=CCNS(=O)(=O)C/C=C/c1ccccc1. The number of hydrogen-bond acceptors (Lipinski definition) is 3. The summed E-state index contributed by atoms with van der Waals surface area (Å²) in [6.07, 6.45) is 3.78. The molecule has 1 aromatic carbocycles. The van der Waals surface area contributed by atoms with E-state index in [0.29, 0.717) is 6.29 Å². The van der Waals surface area contributed by atoms with Crippen molar-refractivity contribution in [2.75, 3.05) is 12.3 Å². The second-order valence-electron chi connectivity index (χ2n) is 3.11. The first-order chi connectivity index (χ1) is 7.64. The lowest BCUT2D eigenvalue weighted by Gasteiger charge is -1.99. The molecule has 0 atom stereocenters. The summed E-state index contributed by atoms with van der Waals surface area (Å²) in [5, 5.41) is 0. The van der Waals surface area contributed by atoms with Gasteiger partial charge in [0.05, 0.1) is 12.3 Å². The lowest BCUT2D eigenvalue weighted by atomic mass is 10.2. The predicted octanol–water partition coefficient (Wildman–Crippen LogP) is 0.818. The fraction of sp³-hybridized carbons (Fsp3) is 0.182. The van der Waals surface area contributed by atoms with Crippen LogP contribution in [-0.4, -0.2) is 27.0 Å². The molecule has 0 aliphatic carbocycles. The van der Waals surface area contributed by atoms with Crippen molar-refractivity contribution in [1.82, 2.24) is 4.72 Å². The van der Waals surface area contributed by atoms with E-state index in [1.165, 1.54) is 0 Å². The lowest BCUT2D eigenvalue weighted by Crippen LogP contribution is -2.27. The zero-order valence-corrected chi connectivity index (χ0v) is 9.48. The molecule has 0 saturated carbocycles. The highest BCUT2D eigenvalue weighted by Gasteiger charge is 2.05. The third-order valence-electron chi connectivity index (χ3n) is 1.81. The van der Waals surface area contributed by atoms with Crippen molar-refractivity contribution in [2.45, 2.75) is 0 Å². The van der Waals surface area contributed by atoms with Crippen LogP contribution in [0.4, 0.5) is 0 Å². The molecule has 16 heavy (non-hydrogen) atoms. The van der Waals surface area contributed by atoms with Gasteiger partial charge in [-0.05, 0) is 5.56 Å². The number of carbonyl (C=O) groups is 1. The molecule has 0 aromatic heterocycles. The second kappa shape index (κ2) is 6.19. The quantitative estimate of drug-likeness (QED) is 0.747. The average Bonchev–Trinajstić information content (AvgIpc) is 2.28. The minimum atomic E-state index is -3.38. The molecular formula is C11H13NO3S. The monoisotopic (exact) mass is 239 g/mol. The van der Waals surface area contributed by atoms with Gasteiger partial charge in [0, 0.05) is 0 Å². The molecule has 5 heteroatoms. The van der Waals surface area contributed by atoms with E-state index in [-0.39, 0.29) is 12.3 Å². The Bertz CT molecular complexity index is 451. The Labute approximate surface area is 95.0 Å². The molecule has 1 rings (SSSR count). The Hall–Kier alpha value is -1.46. The van der Waals surface area contributed by atoms with Crippen molar-refractivity contribution in [3.63, 3.8) is 0 Å². The summed E-state index contributed by atoms with van der Waals surface area (Å²) in [6, 6.07) is 9.39. The maximum absolute atomic E-state index is 11.3. The maximum Gasteiger partial charge on any atom is 0.215 e. The van der Waals surface area contributed by atoms with Crippen molar-refractivity contribution in [3.05, 3.63) is 42.0 Å². The zero-order valence-electron chi connectivity index (χ0n) is 8.67. The summed E-state index contributed by atoms with van der Waals surface area (Å²) in [5.74, 6) is -0.129. The molecule has 0 amide bonds. The number of sulfonamides is 1. The number of hydrogen-bond donors (Lipinski definition) is 1. The Kier molecular flexibility index (Phi) is 4.88. The van der Waals surface area contributed by atoms with Gasteiger partial charge in [0.2, 0.25) is 10.0 Å². The second-order valence-corrected chi connectivity index (χ2v) is 4.96. The van der Waals surface area contributed by atoms with Crippen molar-refractivity contribution in [3.8, 4) is 0 Å². The van der Waals surface area contributed by atoms with E-state index in [1.54, 1.807) is 12.2 Å². The van der Waals surface area contributed by atoms with E-state index in [2.05, 4.69) is 4.72 Å². The van der Waals surface area contributed by atoms with Crippen molar-refractivity contribution in [1.29, 1.82) is 0 Å². The van der Waals surface area contributed by atoms with Crippen molar-refractivity contribution < 1.29 is 13.2 Å². The predicted molar refractivity (Wildman–Crippen MR) is 63.3 cm³/mol. The van der Waals surface area contributed by atoms with E-state index >= 15 is 0 Å². The van der Waals surface area contributed by atoms with Gasteiger partial charge in [0.25, 0.3) is 0 Å². The van der Waals surface area contributed by atoms with Crippen molar-refractivity contribution >= 4 is 22.4 Å². The lowest BCUT2D eigenvalue weighted by molar-refractivity contribution is -0.106. The third kappa shape index (κ3) is 4.86. The van der Waals surface area contributed by atoms with Crippen LogP contribution in [0.1, 0.15) is 5.56 Å². The van der Waals surface area contributed by atoms with Crippen LogP contribution in [0.2, 0.25) is 0 Å². The summed E-state index contributed by atoms with van der Waals surface area (Å²) in [5.41, 5.74) is 0.938. The highest BCUT2D eigenvalue weighted by Crippen LogP contribution is 2.01. The molecule has 1 N–H and O–H groups in total. The summed E-state index contributed by atoms with van der Waals surface area (Å²) in [4.78, 5) is 10.0. The van der Waals surface area contributed by atoms with Gasteiger partial charge in [-0.15, -0.1) is 0 Å². The van der Waals surface area contributed by atoms with Gasteiger partial charge in [-0.25, -0.2) is 13.1 Å². The van der Waals surface area contributed by atoms with Crippen LogP contribution < -0.4 is 4.72 Å². The van der Waals surface area contributed by atoms with Gasteiger partial charge < -0.3 is 4.79 Å².